The van der Waals surface area contributed by atoms with Crippen molar-refractivity contribution >= 4 is 46.0 Å². The Bertz CT molecular complexity index is 673. The number of esters is 1. The highest BCUT2D eigenvalue weighted by Gasteiger charge is 2.13. The van der Waals surface area contributed by atoms with E-state index in [1.165, 1.54) is 7.11 Å². The summed E-state index contributed by atoms with van der Waals surface area (Å²) < 4.78 is 5.61. The Morgan fingerprint density at radius 2 is 1.52 bits per heavy atom. The highest BCUT2D eigenvalue weighted by Crippen LogP contribution is 2.19. The predicted octanol–water partition coefficient (Wildman–Crippen LogP) is 3.72. The molecule has 0 spiro atoms. The van der Waals surface area contributed by atoms with Gasteiger partial charge in [-0.2, -0.15) is 0 Å². The topological polar surface area (TPSA) is 67.4 Å². The summed E-state index contributed by atoms with van der Waals surface area (Å²) in [7, 11) is 1.30. The maximum absolute atomic E-state index is 12.0. The lowest BCUT2D eigenvalue weighted by Crippen LogP contribution is -2.21. The lowest BCUT2D eigenvalue weighted by molar-refractivity contribution is 0.0602. The highest BCUT2D eigenvalue weighted by molar-refractivity contribution is 14.1. The maximum Gasteiger partial charge on any atom is 0.339 e. The fraction of sp³-hybridized carbons (Fsp3) is 0.0667. The number of urea groups is 1. The van der Waals surface area contributed by atoms with Gasteiger partial charge >= 0.3 is 12.0 Å². The number of nitrogens with one attached hydrogen (secondary N) is 2. The van der Waals surface area contributed by atoms with Crippen LogP contribution in [0.25, 0.3) is 0 Å². The van der Waals surface area contributed by atoms with Gasteiger partial charge in [-0.15, -0.1) is 0 Å². The van der Waals surface area contributed by atoms with E-state index in [0.29, 0.717) is 16.9 Å². The van der Waals surface area contributed by atoms with Crippen LogP contribution in [0.3, 0.4) is 0 Å². The molecule has 6 heteroatoms. The first kappa shape index (κ1) is 15.3. The number of hydrogen-bond donors (Lipinski definition) is 2. The van der Waals surface area contributed by atoms with Crippen molar-refractivity contribution in [3.8, 4) is 0 Å². The van der Waals surface area contributed by atoms with Gasteiger partial charge < -0.3 is 15.4 Å². The largest absolute Gasteiger partial charge is 0.465 e. The Labute approximate surface area is 135 Å². The lowest BCUT2D eigenvalue weighted by atomic mass is 10.2. The molecule has 0 aliphatic rings. The summed E-state index contributed by atoms with van der Waals surface area (Å²) in [6.45, 7) is 0. The van der Waals surface area contributed by atoms with Crippen LogP contribution in [0.15, 0.2) is 48.5 Å². The van der Waals surface area contributed by atoms with Crippen molar-refractivity contribution in [3.05, 3.63) is 57.7 Å². The van der Waals surface area contributed by atoms with Gasteiger partial charge in [0.2, 0.25) is 0 Å². The molecule has 2 amide bonds. The third kappa shape index (κ3) is 3.94. The molecule has 2 rings (SSSR count). The monoisotopic (exact) mass is 396 g/mol. The second kappa shape index (κ2) is 7.07. The van der Waals surface area contributed by atoms with E-state index < -0.39 is 12.0 Å². The Morgan fingerprint density at radius 1 is 0.952 bits per heavy atom. The number of methoxy groups -OCH3 is 1. The van der Waals surface area contributed by atoms with Crippen LogP contribution < -0.4 is 10.6 Å². The van der Waals surface area contributed by atoms with Crippen LogP contribution in [-0.2, 0) is 4.74 Å². The van der Waals surface area contributed by atoms with Crippen molar-refractivity contribution in [2.45, 2.75) is 0 Å². The fourth-order valence-electron chi connectivity index (χ4n) is 1.72. The van der Waals surface area contributed by atoms with E-state index in [4.69, 9.17) is 0 Å². The van der Waals surface area contributed by atoms with Gasteiger partial charge in [0.05, 0.1) is 24.0 Å². The molecule has 2 aromatic rings. The molecule has 2 aromatic carbocycles. The minimum Gasteiger partial charge on any atom is -0.465 e. The minimum absolute atomic E-state index is 0.304. The molecule has 0 aliphatic carbocycles. The van der Waals surface area contributed by atoms with E-state index in [9.17, 15) is 9.59 Å². The molecule has 0 aromatic heterocycles. The van der Waals surface area contributed by atoms with Gasteiger partial charge in [0, 0.05) is 3.57 Å². The third-order valence-corrected chi connectivity index (χ3v) is 3.64. The van der Waals surface area contributed by atoms with Gasteiger partial charge in [0.1, 0.15) is 0 Å². The zero-order chi connectivity index (χ0) is 15.2. The van der Waals surface area contributed by atoms with Crippen LogP contribution in [0.4, 0.5) is 16.2 Å². The first-order valence-electron chi connectivity index (χ1n) is 6.11. The van der Waals surface area contributed by atoms with E-state index >= 15 is 0 Å². The standard InChI is InChI=1S/C15H13IN2O3/c1-21-14(19)10-6-2-4-8-12(10)17-15(20)18-13-9-5-3-7-11(13)16/h2-9H,1H3,(H2,17,18,20). The summed E-state index contributed by atoms with van der Waals surface area (Å²) in [6, 6.07) is 13.7. The van der Waals surface area contributed by atoms with E-state index in [-0.39, 0.29) is 0 Å². The van der Waals surface area contributed by atoms with Gasteiger partial charge in [0.15, 0.2) is 0 Å². The van der Waals surface area contributed by atoms with Crippen LogP contribution in [-0.4, -0.2) is 19.1 Å². The number of ether oxygens (including phenoxy) is 1. The summed E-state index contributed by atoms with van der Waals surface area (Å²) in [6.07, 6.45) is 0. The van der Waals surface area contributed by atoms with Crippen LogP contribution in [0, 0.1) is 3.57 Å². The van der Waals surface area contributed by atoms with Crippen molar-refractivity contribution in [3.63, 3.8) is 0 Å². The molecule has 0 aliphatic heterocycles. The molecule has 0 heterocycles. The number of rotatable bonds is 3. The molecule has 0 unspecified atom stereocenters. The van der Waals surface area contributed by atoms with Crippen LogP contribution in [0.1, 0.15) is 10.4 Å². The second-order valence-corrected chi connectivity index (χ2v) is 5.26. The maximum atomic E-state index is 12.0. The van der Waals surface area contributed by atoms with Gasteiger partial charge in [-0.3, -0.25) is 0 Å². The Hall–Kier alpha value is -2.09. The highest BCUT2D eigenvalue weighted by atomic mass is 127. The van der Waals surface area contributed by atoms with Crippen LogP contribution in [0.2, 0.25) is 0 Å². The molecule has 5 nitrogen and oxygen atoms in total. The molecule has 21 heavy (non-hydrogen) atoms. The molecule has 0 bridgehead atoms. The van der Waals surface area contributed by atoms with Gasteiger partial charge in [-0.25, -0.2) is 9.59 Å². The quantitative estimate of drug-likeness (QED) is 0.614. The zero-order valence-corrected chi connectivity index (χ0v) is 13.4. The van der Waals surface area contributed by atoms with Crippen LogP contribution >= 0.6 is 22.6 Å². The van der Waals surface area contributed by atoms with E-state index in [2.05, 4.69) is 38.0 Å². The zero-order valence-electron chi connectivity index (χ0n) is 11.2. The summed E-state index contributed by atoms with van der Waals surface area (Å²) in [5.41, 5.74) is 1.40. The average molecular weight is 396 g/mol. The number of carbonyl (C=O) groups is 2. The molecule has 0 atom stereocenters. The van der Waals surface area contributed by atoms with Crippen molar-refractivity contribution in [2.75, 3.05) is 17.7 Å². The Morgan fingerprint density at radius 3 is 2.19 bits per heavy atom. The predicted molar refractivity (Wildman–Crippen MR) is 89.6 cm³/mol. The fourth-order valence-corrected chi connectivity index (χ4v) is 2.24. The van der Waals surface area contributed by atoms with Crippen molar-refractivity contribution < 1.29 is 14.3 Å². The van der Waals surface area contributed by atoms with Crippen LogP contribution in [0.5, 0.6) is 0 Å². The molecular weight excluding hydrogens is 383 g/mol. The van der Waals surface area contributed by atoms with E-state index in [1.807, 2.05) is 18.2 Å². The van der Waals surface area contributed by atoms with E-state index in [1.54, 1.807) is 30.3 Å². The SMILES string of the molecule is COC(=O)c1ccccc1NC(=O)Nc1ccccc1I. The molecule has 108 valence electrons. The van der Waals surface area contributed by atoms with E-state index in [0.717, 1.165) is 3.57 Å². The first-order valence-corrected chi connectivity index (χ1v) is 7.19. The molecular formula is C15H13IN2O3. The molecule has 0 fully saturated rings. The molecule has 0 saturated heterocycles. The number of halogens is 1. The summed E-state index contributed by atoms with van der Waals surface area (Å²) in [4.78, 5) is 23.7. The van der Waals surface area contributed by atoms with Crippen molar-refractivity contribution in [2.24, 2.45) is 0 Å². The molecule has 2 N–H and O–H groups in total. The first-order chi connectivity index (χ1) is 10.1. The molecule has 0 radical (unpaired) electrons. The van der Waals surface area contributed by atoms with Crippen molar-refractivity contribution in [1.29, 1.82) is 0 Å². The third-order valence-electron chi connectivity index (χ3n) is 2.70. The minimum atomic E-state index is -0.500. The number of hydrogen-bond acceptors (Lipinski definition) is 3. The number of benzene rings is 2. The average Bonchev–Trinajstić information content (AvgIpc) is 2.49. The lowest BCUT2D eigenvalue weighted by Gasteiger charge is -2.11. The van der Waals surface area contributed by atoms with Gasteiger partial charge in [-0.05, 0) is 46.9 Å². The Kier molecular flexibility index (Phi) is 5.15. The number of carbonyl (C=O) groups excluding carboxylic acids is 2. The normalized spacial score (nSPS) is 9.81. The Balaban J connectivity index is 2.14. The van der Waals surface area contributed by atoms with Crippen molar-refractivity contribution in [1.82, 2.24) is 0 Å². The van der Waals surface area contributed by atoms with Gasteiger partial charge in [-0.1, -0.05) is 24.3 Å². The number of amides is 2. The summed E-state index contributed by atoms with van der Waals surface area (Å²) in [5, 5.41) is 5.38. The number of para-hydroxylation sites is 2. The second-order valence-electron chi connectivity index (χ2n) is 4.10. The van der Waals surface area contributed by atoms with Gasteiger partial charge in [0.25, 0.3) is 0 Å². The smallest absolute Gasteiger partial charge is 0.339 e. The molecule has 0 saturated carbocycles. The summed E-state index contributed by atoms with van der Waals surface area (Å²) in [5.74, 6) is -0.500. The summed E-state index contributed by atoms with van der Waals surface area (Å²) >= 11 is 2.13. The number of anilines is 2.